The summed E-state index contributed by atoms with van der Waals surface area (Å²) in [4.78, 5) is 0. The summed E-state index contributed by atoms with van der Waals surface area (Å²) in [7, 11) is 0. The Hall–Kier alpha value is -0.120. The van der Waals surface area contributed by atoms with Crippen LogP contribution in [0.2, 0.25) is 0 Å². The maximum Gasteiger partial charge on any atom is 0.121 e. The van der Waals surface area contributed by atoms with Gasteiger partial charge in [0.1, 0.15) is 5.72 Å². The molecule has 0 saturated carbocycles. The molecule has 1 spiro atoms. The van der Waals surface area contributed by atoms with Crippen LogP contribution in [0.25, 0.3) is 0 Å². The minimum atomic E-state index is -0.0174. The molecule has 3 heteroatoms. The molecule has 64 valence electrons. The first kappa shape index (κ1) is 7.53. The summed E-state index contributed by atoms with van der Waals surface area (Å²) in [6, 6.07) is 0. The highest BCUT2D eigenvalue weighted by molar-refractivity contribution is 4.83. The average molecular weight is 157 g/mol. The van der Waals surface area contributed by atoms with E-state index in [-0.39, 0.29) is 5.72 Å². The van der Waals surface area contributed by atoms with Gasteiger partial charge in [0.05, 0.1) is 13.2 Å². The Morgan fingerprint density at radius 2 is 2.09 bits per heavy atom. The summed E-state index contributed by atoms with van der Waals surface area (Å²) in [6.07, 6.45) is 3.23. The van der Waals surface area contributed by atoms with Gasteiger partial charge in [-0.25, -0.2) is 0 Å². The molecule has 2 aliphatic heterocycles. The molecule has 0 aromatic heterocycles. The second-order valence-corrected chi connectivity index (χ2v) is 3.24. The predicted octanol–water partition coefficient (Wildman–Crippen LogP) is 0.503. The van der Waals surface area contributed by atoms with E-state index in [1.54, 1.807) is 0 Å². The van der Waals surface area contributed by atoms with Gasteiger partial charge in [0.15, 0.2) is 0 Å². The smallest absolute Gasteiger partial charge is 0.121 e. The van der Waals surface area contributed by atoms with Crippen LogP contribution in [0.15, 0.2) is 0 Å². The van der Waals surface area contributed by atoms with Crippen molar-refractivity contribution >= 4 is 0 Å². The normalized spacial score (nSPS) is 39.3. The summed E-state index contributed by atoms with van der Waals surface area (Å²) in [5.74, 6) is 0. The maximum atomic E-state index is 5.67. The van der Waals surface area contributed by atoms with Crippen LogP contribution in [0.3, 0.4) is 0 Å². The summed E-state index contributed by atoms with van der Waals surface area (Å²) in [5, 5.41) is 3.41. The first-order valence-corrected chi connectivity index (χ1v) is 4.38. The molecule has 2 fully saturated rings. The van der Waals surface area contributed by atoms with Gasteiger partial charge in [0.25, 0.3) is 0 Å². The van der Waals surface area contributed by atoms with E-state index in [9.17, 15) is 0 Å². The maximum absolute atomic E-state index is 5.67. The molecular formula is C8H15NO2. The van der Waals surface area contributed by atoms with Gasteiger partial charge in [-0.15, -0.1) is 0 Å². The molecule has 2 saturated heterocycles. The fraction of sp³-hybridized carbons (Fsp3) is 1.00. The largest absolute Gasteiger partial charge is 0.381 e. The molecule has 0 amide bonds. The lowest BCUT2D eigenvalue weighted by Crippen LogP contribution is -2.41. The predicted molar refractivity (Wildman–Crippen MR) is 41.4 cm³/mol. The average Bonchev–Trinajstić information content (AvgIpc) is 2.32. The molecule has 0 aromatic carbocycles. The molecule has 0 bridgehead atoms. The van der Waals surface area contributed by atoms with Crippen molar-refractivity contribution in [2.24, 2.45) is 0 Å². The van der Waals surface area contributed by atoms with Gasteiger partial charge in [-0.3, -0.25) is 5.32 Å². The lowest BCUT2D eigenvalue weighted by Gasteiger charge is -2.25. The third kappa shape index (κ3) is 1.55. The van der Waals surface area contributed by atoms with Gasteiger partial charge in [0.2, 0.25) is 0 Å². The summed E-state index contributed by atoms with van der Waals surface area (Å²) in [5.41, 5.74) is -0.0174. The van der Waals surface area contributed by atoms with Crippen LogP contribution >= 0.6 is 0 Å². The number of nitrogens with one attached hydrogen (secondary N) is 1. The quantitative estimate of drug-likeness (QED) is 0.555. The van der Waals surface area contributed by atoms with Crippen LogP contribution in [0, 0.1) is 0 Å². The van der Waals surface area contributed by atoms with Crippen LogP contribution in [0.4, 0.5) is 0 Å². The van der Waals surface area contributed by atoms with Crippen molar-refractivity contribution in [2.45, 2.75) is 25.0 Å². The van der Waals surface area contributed by atoms with Crippen molar-refractivity contribution < 1.29 is 9.47 Å². The van der Waals surface area contributed by atoms with Crippen LogP contribution < -0.4 is 5.32 Å². The topological polar surface area (TPSA) is 30.5 Å². The van der Waals surface area contributed by atoms with Gasteiger partial charge in [0, 0.05) is 19.6 Å². The number of hydrogen-bond acceptors (Lipinski definition) is 3. The minimum Gasteiger partial charge on any atom is -0.381 e. The summed E-state index contributed by atoms with van der Waals surface area (Å²) >= 11 is 0. The zero-order chi connectivity index (χ0) is 7.57. The second kappa shape index (κ2) is 3.09. The molecule has 1 unspecified atom stereocenters. The molecule has 11 heavy (non-hydrogen) atoms. The van der Waals surface area contributed by atoms with E-state index in [0.29, 0.717) is 0 Å². The molecule has 0 aromatic rings. The Bertz CT molecular complexity index is 122. The molecule has 2 rings (SSSR count). The van der Waals surface area contributed by atoms with Crippen molar-refractivity contribution in [1.29, 1.82) is 0 Å². The van der Waals surface area contributed by atoms with Crippen molar-refractivity contribution in [3.8, 4) is 0 Å². The summed E-state index contributed by atoms with van der Waals surface area (Å²) in [6.45, 7) is 3.60. The van der Waals surface area contributed by atoms with Crippen molar-refractivity contribution in [3.63, 3.8) is 0 Å². The Morgan fingerprint density at radius 3 is 2.91 bits per heavy atom. The lowest BCUT2D eigenvalue weighted by molar-refractivity contribution is -0.0254. The summed E-state index contributed by atoms with van der Waals surface area (Å²) < 4.78 is 11.0. The van der Waals surface area contributed by atoms with E-state index in [0.717, 1.165) is 45.6 Å². The fourth-order valence-electron chi connectivity index (χ4n) is 1.82. The molecule has 2 aliphatic rings. The van der Waals surface area contributed by atoms with E-state index in [4.69, 9.17) is 9.47 Å². The van der Waals surface area contributed by atoms with Crippen LogP contribution in [-0.4, -0.2) is 32.1 Å². The van der Waals surface area contributed by atoms with Crippen LogP contribution in [0.5, 0.6) is 0 Å². The van der Waals surface area contributed by atoms with E-state index in [2.05, 4.69) is 5.32 Å². The second-order valence-electron chi connectivity index (χ2n) is 3.24. The highest BCUT2D eigenvalue weighted by Crippen LogP contribution is 2.25. The Morgan fingerprint density at radius 1 is 1.09 bits per heavy atom. The van der Waals surface area contributed by atoms with Crippen LogP contribution in [-0.2, 0) is 9.47 Å². The van der Waals surface area contributed by atoms with Crippen molar-refractivity contribution in [1.82, 2.24) is 5.32 Å². The Kier molecular flexibility index (Phi) is 2.11. The van der Waals surface area contributed by atoms with E-state index in [1.165, 1.54) is 0 Å². The Balaban J connectivity index is 1.97. The third-order valence-corrected chi connectivity index (χ3v) is 2.45. The number of hydrogen-bond donors (Lipinski definition) is 1. The Labute approximate surface area is 67.1 Å². The SMILES string of the molecule is C1COCCC2(C1)NCCO2. The van der Waals surface area contributed by atoms with Crippen molar-refractivity contribution in [3.05, 3.63) is 0 Å². The zero-order valence-corrected chi connectivity index (χ0v) is 6.77. The highest BCUT2D eigenvalue weighted by atomic mass is 16.5. The van der Waals surface area contributed by atoms with Gasteiger partial charge >= 0.3 is 0 Å². The standard InChI is InChI=1S/C8H15NO2/c1-2-8(3-6-10-5-1)9-4-7-11-8/h9H,1-7H2. The molecule has 1 atom stereocenters. The van der Waals surface area contributed by atoms with Gasteiger partial charge in [-0.1, -0.05) is 0 Å². The number of ether oxygens (including phenoxy) is 2. The molecule has 2 heterocycles. The van der Waals surface area contributed by atoms with Gasteiger partial charge in [-0.2, -0.15) is 0 Å². The molecular weight excluding hydrogens is 142 g/mol. The molecule has 0 radical (unpaired) electrons. The molecule has 0 aliphatic carbocycles. The fourth-order valence-corrected chi connectivity index (χ4v) is 1.82. The highest BCUT2D eigenvalue weighted by Gasteiger charge is 2.34. The monoisotopic (exact) mass is 157 g/mol. The van der Waals surface area contributed by atoms with Crippen LogP contribution in [0.1, 0.15) is 19.3 Å². The third-order valence-electron chi connectivity index (χ3n) is 2.45. The molecule has 1 N–H and O–H groups in total. The van der Waals surface area contributed by atoms with Crippen molar-refractivity contribution in [2.75, 3.05) is 26.4 Å². The molecule has 3 nitrogen and oxygen atoms in total. The number of rotatable bonds is 0. The van der Waals surface area contributed by atoms with Gasteiger partial charge < -0.3 is 9.47 Å². The lowest BCUT2D eigenvalue weighted by atomic mass is 10.1. The minimum absolute atomic E-state index is 0.0174. The zero-order valence-electron chi connectivity index (χ0n) is 6.77. The first-order chi connectivity index (χ1) is 5.41. The first-order valence-electron chi connectivity index (χ1n) is 4.38. The van der Waals surface area contributed by atoms with E-state index < -0.39 is 0 Å². The van der Waals surface area contributed by atoms with E-state index in [1.807, 2.05) is 0 Å². The van der Waals surface area contributed by atoms with Gasteiger partial charge in [-0.05, 0) is 12.8 Å². The van der Waals surface area contributed by atoms with E-state index >= 15 is 0 Å².